The summed E-state index contributed by atoms with van der Waals surface area (Å²) in [6.07, 6.45) is 5.31. The Morgan fingerprint density at radius 3 is 2.35 bits per heavy atom. The normalized spacial score (nSPS) is 10.3. The summed E-state index contributed by atoms with van der Waals surface area (Å²) >= 11 is 0. The van der Waals surface area contributed by atoms with E-state index in [9.17, 15) is 4.79 Å². The average molecular weight is 260 g/mol. The van der Waals surface area contributed by atoms with Gasteiger partial charge in [0, 0.05) is 10.9 Å². The minimum atomic E-state index is -0.154. The van der Waals surface area contributed by atoms with Crippen LogP contribution in [0.25, 0.3) is 22.0 Å². The van der Waals surface area contributed by atoms with Crippen LogP contribution >= 0.6 is 0 Å². The molecule has 0 radical (unpaired) electrons. The first-order valence-corrected chi connectivity index (χ1v) is 6.30. The van der Waals surface area contributed by atoms with E-state index >= 15 is 0 Å². The van der Waals surface area contributed by atoms with Crippen LogP contribution in [-0.2, 0) is 6.54 Å². The van der Waals surface area contributed by atoms with Crippen molar-refractivity contribution < 1.29 is 0 Å². The third-order valence-electron chi connectivity index (χ3n) is 3.16. The molecule has 0 fully saturated rings. The molecule has 20 heavy (non-hydrogen) atoms. The molecule has 0 aliphatic carbocycles. The van der Waals surface area contributed by atoms with Crippen LogP contribution in [0.15, 0.2) is 59.4 Å². The van der Waals surface area contributed by atoms with Gasteiger partial charge < -0.3 is 0 Å². The van der Waals surface area contributed by atoms with E-state index in [1.807, 2.05) is 48.5 Å². The van der Waals surface area contributed by atoms with Crippen LogP contribution < -0.4 is 5.56 Å². The van der Waals surface area contributed by atoms with Gasteiger partial charge in [-0.1, -0.05) is 54.5 Å². The monoisotopic (exact) mass is 260 g/mol. The van der Waals surface area contributed by atoms with Gasteiger partial charge in [0.1, 0.15) is 6.54 Å². The summed E-state index contributed by atoms with van der Waals surface area (Å²) in [5.74, 6) is 2.47. The van der Waals surface area contributed by atoms with E-state index in [0.29, 0.717) is 5.39 Å². The minimum absolute atomic E-state index is 0.154. The van der Waals surface area contributed by atoms with Crippen LogP contribution in [0.2, 0.25) is 0 Å². The molecule has 3 nitrogen and oxygen atoms in total. The fraction of sp³-hybridized carbons (Fsp3) is 0.0588. The van der Waals surface area contributed by atoms with Crippen LogP contribution in [0.5, 0.6) is 0 Å². The van der Waals surface area contributed by atoms with Gasteiger partial charge in [-0.15, -0.1) is 6.42 Å². The van der Waals surface area contributed by atoms with Gasteiger partial charge in [0.25, 0.3) is 5.56 Å². The fourth-order valence-corrected chi connectivity index (χ4v) is 2.24. The van der Waals surface area contributed by atoms with Crippen LogP contribution in [0.3, 0.4) is 0 Å². The van der Waals surface area contributed by atoms with Crippen LogP contribution in [0.1, 0.15) is 0 Å². The maximum absolute atomic E-state index is 12.3. The Morgan fingerprint density at radius 1 is 1.00 bits per heavy atom. The summed E-state index contributed by atoms with van der Waals surface area (Å²) in [7, 11) is 0. The lowest BCUT2D eigenvalue weighted by Crippen LogP contribution is -2.23. The molecule has 3 heteroatoms. The summed E-state index contributed by atoms with van der Waals surface area (Å²) in [6.45, 7) is 0.170. The fourth-order valence-electron chi connectivity index (χ4n) is 2.24. The summed E-state index contributed by atoms with van der Waals surface area (Å²) in [6, 6.07) is 17.2. The van der Waals surface area contributed by atoms with Crippen LogP contribution in [0, 0.1) is 12.3 Å². The standard InChI is InChI=1S/C17H12N2O/c1-2-12-19-17(20)15-11-7-6-10-14(15)16(18-19)13-8-4-3-5-9-13/h1,3-11H,12H2. The third kappa shape index (κ3) is 1.98. The van der Waals surface area contributed by atoms with Gasteiger partial charge >= 0.3 is 0 Å². The van der Waals surface area contributed by atoms with Crippen molar-refractivity contribution >= 4 is 10.8 Å². The predicted octanol–water partition coefficient (Wildman–Crippen LogP) is 2.70. The lowest BCUT2D eigenvalue weighted by Gasteiger charge is -2.09. The van der Waals surface area contributed by atoms with Gasteiger partial charge in [-0.2, -0.15) is 5.10 Å². The number of hydrogen-bond donors (Lipinski definition) is 0. The number of hydrogen-bond acceptors (Lipinski definition) is 2. The Balaban J connectivity index is 2.40. The topological polar surface area (TPSA) is 34.9 Å². The lowest BCUT2D eigenvalue weighted by atomic mass is 10.1. The highest BCUT2D eigenvalue weighted by Gasteiger charge is 2.10. The van der Waals surface area contributed by atoms with E-state index in [2.05, 4.69) is 11.0 Å². The molecule has 0 saturated heterocycles. The van der Waals surface area contributed by atoms with Gasteiger partial charge in [-0.3, -0.25) is 4.79 Å². The Bertz CT molecular complexity index is 858. The molecule has 0 N–H and O–H groups in total. The van der Waals surface area contributed by atoms with E-state index in [1.165, 1.54) is 4.68 Å². The van der Waals surface area contributed by atoms with Gasteiger partial charge in [-0.05, 0) is 6.07 Å². The smallest absolute Gasteiger partial charge is 0.267 e. The Labute approximate surface area is 116 Å². The lowest BCUT2D eigenvalue weighted by molar-refractivity contribution is 0.676. The maximum atomic E-state index is 12.3. The maximum Gasteiger partial charge on any atom is 0.275 e. The van der Waals surface area contributed by atoms with Crippen molar-refractivity contribution in [3.05, 3.63) is 65.0 Å². The Kier molecular flexibility index (Phi) is 3.06. The van der Waals surface area contributed by atoms with Gasteiger partial charge in [0.2, 0.25) is 0 Å². The molecule has 96 valence electrons. The first-order chi connectivity index (χ1) is 9.81. The molecule has 0 spiro atoms. The Morgan fingerprint density at radius 2 is 1.65 bits per heavy atom. The van der Waals surface area contributed by atoms with Crippen molar-refractivity contribution in [3.63, 3.8) is 0 Å². The molecular formula is C17H12N2O. The van der Waals surface area contributed by atoms with Gasteiger partial charge in [0.05, 0.1) is 11.1 Å². The number of terminal acetylenes is 1. The number of fused-ring (bicyclic) bond motifs is 1. The summed E-state index contributed by atoms with van der Waals surface area (Å²) < 4.78 is 1.34. The molecule has 3 aromatic rings. The number of nitrogens with zero attached hydrogens (tertiary/aromatic N) is 2. The summed E-state index contributed by atoms with van der Waals surface area (Å²) in [5.41, 5.74) is 1.59. The summed E-state index contributed by atoms with van der Waals surface area (Å²) in [4.78, 5) is 12.3. The SMILES string of the molecule is C#CCn1nc(-c2ccccc2)c2ccccc2c1=O. The van der Waals surface area contributed by atoms with E-state index in [-0.39, 0.29) is 12.1 Å². The number of rotatable bonds is 2. The second kappa shape index (κ2) is 5.02. The highest BCUT2D eigenvalue weighted by atomic mass is 16.1. The molecule has 1 aromatic heterocycles. The second-order valence-electron chi connectivity index (χ2n) is 4.43. The van der Waals surface area contributed by atoms with E-state index in [0.717, 1.165) is 16.6 Å². The molecule has 0 atom stereocenters. The van der Waals surface area contributed by atoms with Crippen molar-refractivity contribution in [1.82, 2.24) is 9.78 Å². The zero-order chi connectivity index (χ0) is 13.9. The zero-order valence-electron chi connectivity index (χ0n) is 10.8. The van der Waals surface area contributed by atoms with E-state index in [4.69, 9.17) is 6.42 Å². The van der Waals surface area contributed by atoms with Crippen molar-refractivity contribution in [2.45, 2.75) is 6.54 Å². The van der Waals surface area contributed by atoms with Crippen molar-refractivity contribution in [3.8, 4) is 23.6 Å². The largest absolute Gasteiger partial charge is 0.275 e. The summed E-state index contributed by atoms with van der Waals surface area (Å²) in [5, 5.41) is 5.90. The first-order valence-electron chi connectivity index (χ1n) is 6.30. The van der Waals surface area contributed by atoms with Crippen LogP contribution in [0.4, 0.5) is 0 Å². The van der Waals surface area contributed by atoms with Crippen molar-refractivity contribution in [1.29, 1.82) is 0 Å². The molecule has 0 saturated carbocycles. The molecule has 1 heterocycles. The molecule has 0 aliphatic heterocycles. The first kappa shape index (κ1) is 12.2. The number of aromatic nitrogens is 2. The average Bonchev–Trinajstić information content (AvgIpc) is 2.51. The van der Waals surface area contributed by atoms with Crippen molar-refractivity contribution in [2.24, 2.45) is 0 Å². The molecular weight excluding hydrogens is 248 g/mol. The highest BCUT2D eigenvalue weighted by Crippen LogP contribution is 2.23. The predicted molar refractivity (Wildman–Crippen MR) is 80.3 cm³/mol. The van der Waals surface area contributed by atoms with E-state index < -0.39 is 0 Å². The van der Waals surface area contributed by atoms with Crippen LogP contribution in [-0.4, -0.2) is 9.78 Å². The van der Waals surface area contributed by atoms with Gasteiger partial charge in [-0.25, -0.2) is 4.68 Å². The molecule has 0 amide bonds. The number of benzene rings is 2. The molecule has 2 aromatic carbocycles. The Hall–Kier alpha value is -2.86. The van der Waals surface area contributed by atoms with E-state index in [1.54, 1.807) is 6.07 Å². The zero-order valence-corrected chi connectivity index (χ0v) is 10.8. The van der Waals surface area contributed by atoms with Crippen molar-refractivity contribution in [2.75, 3.05) is 0 Å². The molecule has 0 bridgehead atoms. The second-order valence-corrected chi connectivity index (χ2v) is 4.43. The minimum Gasteiger partial charge on any atom is -0.267 e. The molecule has 0 aliphatic rings. The quantitative estimate of drug-likeness (QED) is 0.664. The highest BCUT2D eigenvalue weighted by molar-refractivity contribution is 5.93. The molecule has 0 unspecified atom stereocenters. The molecule has 3 rings (SSSR count). The third-order valence-corrected chi connectivity index (χ3v) is 3.16. The van der Waals surface area contributed by atoms with Gasteiger partial charge in [0.15, 0.2) is 0 Å².